The lowest BCUT2D eigenvalue weighted by atomic mass is 10.2. The zero-order valence-corrected chi connectivity index (χ0v) is 12.9. The first-order chi connectivity index (χ1) is 9.61. The molecule has 0 atom stereocenters. The molecule has 0 saturated heterocycles. The summed E-state index contributed by atoms with van der Waals surface area (Å²) in [4.78, 5) is 4.52. The van der Waals surface area contributed by atoms with Crippen LogP contribution < -0.4 is 5.32 Å². The molecule has 0 radical (unpaired) electrons. The highest BCUT2D eigenvalue weighted by Crippen LogP contribution is 2.23. The van der Waals surface area contributed by atoms with Crippen molar-refractivity contribution in [3.8, 4) is 5.69 Å². The first-order valence-corrected chi connectivity index (χ1v) is 7.05. The summed E-state index contributed by atoms with van der Waals surface area (Å²) < 4.78 is 7.10. The van der Waals surface area contributed by atoms with Crippen molar-refractivity contribution in [3.05, 3.63) is 40.7 Å². The van der Waals surface area contributed by atoms with Gasteiger partial charge in [0.1, 0.15) is 0 Å². The fraction of sp³-hybridized carbons (Fsp3) is 0.400. The number of rotatable bonds is 6. The van der Waals surface area contributed by atoms with Crippen LogP contribution in [-0.2, 0) is 4.74 Å². The van der Waals surface area contributed by atoms with Crippen LogP contribution in [0, 0.1) is 13.8 Å². The molecule has 5 heteroatoms. The van der Waals surface area contributed by atoms with E-state index in [1.807, 2.05) is 35.9 Å². The highest BCUT2D eigenvalue weighted by molar-refractivity contribution is 6.30. The van der Waals surface area contributed by atoms with Crippen LogP contribution in [0.25, 0.3) is 5.69 Å². The Kier molecular flexibility index (Phi) is 5.04. The monoisotopic (exact) mass is 293 g/mol. The standard InChI is InChI=1S/C15H20ClN3O/c1-11-5-6-13(16)9-14(11)19-10-12(2)18-15(19)17-7-4-8-20-3/h5-6,9-10H,4,7-8H2,1-3H3,(H,17,18). The lowest BCUT2D eigenvalue weighted by Crippen LogP contribution is -2.10. The summed E-state index contributed by atoms with van der Waals surface area (Å²) in [5.74, 6) is 0.837. The van der Waals surface area contributed by atoms with Crippen molar-refractivity contribution in [1.29, 1.82) is 0 Å². The second-order valence-corrected chi connectivity index (χ2v) is 5.22. The van der Waals surface area contributed by atoms with Crippen LogP contribution in [0.5, 0.6) is 0 Å². The van der Waals surface area contributed by atoms with Gasteiger partial charge in [-0.1, -0.05) is 17.7 Å². The average Bonchev–Trinajstić information content (AvgIpc) is 2.78. The van der Waals surface area contributed by atoms with E-state index in [0.29, 0.717) is 0 Å². The number of benzene rings is 1. The minimum absolute atomic E-state index is 0.724. The highest BCUT2D eigenvalue weighted by atomic mass is 35.5. The number of nitrogens with zero attached hydrogens (tertiary/aromatic N) is 2. The third-order valence-electron chi connectivity index (χ3n) is 3.07. The summed E-state index contributed by atoms with van der Waals surface area (Å²) >= 11 is 6.10. The molecule has 0 spiro atoms. The van der Waals surface area contributed by atoms with Crippen LogP contribution in [0.1, 0.15) is 17.7 Å². The summed E-state index contributed by atoms with van der Waals surface area (Å²) in [7, 11) is 1.71. The number of ether oxygens (including phenoxy) is 1. The molecule has 2 rings (SSSR count). The number of halogens is 1. The lowest BCUT2D eigenvalue weighted by molar-refractivity contribution is 0.197. The minimum Gasteiger partial charge on any atom is -0.385 e. The molecule has 0 fully saturated rings. The van der Waals surface area contributed by atoms with Crippen LogP contribution in [-0.4, -0.2) is 29.8 Å². The van der Waals surface area contributed by atoms with E-state index in [4.69, 9.17) is 16.3 Å². The zero-order valence-electron chi connectivity index (χ0n) is 12.1. The number of anilines is 1. The van der Waals surface area contributed by atoms with Gasteiger partial charge in [-0.05, 0) is 38.0 Å². The van der Waals surface area contributed by atoms with Crippen LogP contribution in [0.3, 0.4) is 0 Å². The molecular weight excluding hydrogens is 274 g/mol. The number of aromatic nitrogens is 2. The van der Waals surface area contributed by atoms with Crippen LogP contribution in [0.4, 0.5) is 5.95 Å². The van der Waals surface area contributed by atoms with E-state index in [1.54, 1.807) is 7.11 Å². The van der Waals surface area contributed by atoms with Gasteiger partial charge in [0.05, 0.1) is 11.4 Å². The van der Waals surface area contributed by atoms with Crippen LogP contribution >= 0.6 is 11.6 Å². The van der Waals surface area contributed by atoms with E-state index in [2.05, 4.69) is 17.2 Å². The predicted octanol–water partition coefficient (Wildman–Crippen LogP) is 3.59. The Morgan fingerprint density at radius 1 is 1.35 bits per heavy atom. The van der Waals surface area contributed by atoms with E-state index in [1.165, 1.54) is 0 Å². The highest BCUT2D eigenvalue weighted by Gasteiger charge is 2.09. The molecule has 0 aliphatic carbocycles. The third kappa shape index (κ3) is 3.52. The van der Waals surface area contributed by atoms with Crippen molar-refractivity contribution >= 4 is 17.5 Å². The molecule has 20 heavy (non-hydrogen) atoms. The van der Waals surface area contributed by atoms with Crippen LogP contribution in [0.2, 0.25) is 5.02 Å². The van der Waals surface area contributed by atoms with E-state index >= 15 is 0 Å². The van der Waals surface area contributed by atoms with Gasteiger partial charge in [-0.2, -0.15) is 0 Å². The van der Waals surface area contributed by atoms with Crippen LogP contribution in [0.15, 0.2) is 24.4 Å². The normalized spacial score (nSPS) is 10.8. The molecule has 0 saturated carbocycles. The fourth-order valence-corrected chi connectivity index (χ4v) is 2.23. The molecule has 1 aromatic carbocycles. The minimum atomic E-state index is 0.724. The number of nitrogens with one attached hydrogen (secondary N) is 1. The Morgan fingerprint density at radius 3 is 2.90 bits per heavy atom. The maximum absolute atomic E-state index is 6.10. The van der Waals surface area contributed by atoms with Gasteiger partial charge in [-0.15, -0.1) is 0 Å². The molecule has 0 amide bonds. The summed E-state index contributed by atoms with van der Waals surface area (Å²) in [6.07, 6.45) is 2.95. The van der Waals surface area contributed by atoms with Gasteiger partial charge >= 0.3 is 0 Å². The third-order valence-corrected chi connectivity index (χ3v) is 3.30. The van der Waals surface area contributed by atoms with Gasteiger partial charge in [0.15, 0.2) is 0 Å². The summed E-state index contributed by atoms with van der Waals surface area (Å²) in [6, 6.07) is 5.87. The van der Waals surface area contributed by atoms with Crippen molar-refractivity contribution in [2.75, 3.05) is 25.6 Å². The van der Waals surface area contributed by atoms with Crippen molar-refractivity contribution in [2.24, 2.45) is 0 Å². The number of hydrogen-bond acceptors (Lipinski definition) is 3. The van der Waals surface area contributed by atoms with E-state index in [9.17, 15) is 0 Å². The Hall–Kier alpha value is -1.52. The zero-order chi connectivity index (χ0) is 14.5. The molecule has 2 aromatic rings. The predicted molar refractivity (Wildman–Crippen MR) is 83.0 cm³/mol. The van der Waals surface area contributed by atoms with Gasteiger partial charge in [0.2, 0.25) is 5.95 Å². The molecular formula is C15H20ClN3O. The lowest BCUT2D eigenvalue weighted by Gasteiger charge is -2.12. The number of hydrogen-bond donors (Lipinski definition) is 1. The number of methoxy groups -OCH3 is 1. The van der Waals surface area contributed by atoms with Crippen molar-refractivity contribution in [1.82, 2.24) is 9.55 Å². The van der Waals surface area contributed by atoms with Crippen molar-refractivity contribution < 1.29 is 4.74 Å². The van der Waals surface area contributed by atoms with Gasteiger partial charge in [-0.3, -0.25) is 4.57 Å². The van der Waals surface area contributed by atoms with Crippen molar-refractivity contribution in [3.63, 3.8) is 0 Å². The second kappa shape index (κ2) is 6.77. The summed E-state index contributed by atoms with van der Waals surface area (Å²) in [5, 5.41) is 4.07. The Balaban J connectivity index is 2.25. The fourth-order valence-electron chi connectivity index (χ4n) is 2.06. The largest absolute Gasteiger partial charge is 0.385 e. The van der Waals surface area contributed by atoms with Gasteiger partial charge in [-0.25, -0.2) is 4.98 Å². The van der Waals surface area contributed by atoms with E-state index < -0.39 is 0 Å². The Labute approximate surface area is 124 Å². The maximum atomic E-state index is 6.10. The molecule has 1 N–H and O–H groups in total. The molecule has 1 heterocycles. The molecule has 0 aliphatic rings. The second-order valence-electron chi connectivity index (χ2n) is 4.78. The quantitative estimate of drug-likeness (QED) is 0.827. The molecule has 0 bridgehead atoms. The number of aryl methyl sites for hydroxylation is 2. The van der Waals surface area contributed by atoms with Gasteiger partial charge < -0.3 is 10.1 Å². The first-order valence-electron chi connectivity index (χ1n) is 6.67. The van der Waals surface area contributed by atoms with Crippen molar-refractivity contribution in [2.45, 2.75) is 20.3 Å². The first kappa shape index (κ1) is 14.9. The molecule has 0 unspecified atom stereocenters. The van der Waals surface area contributed by atoms with E-state index in [-0.39, 0.29) is 0 Å². The number of imidazole rings is 1. The van der Waals surface area contributed by atoms with Gasteiger partial charge in [0, 0.05) is 31.5 Å². The van der Waals surface area contributed by atoms with E-state index in [0.717, 1.165) is 47.5 Å². The average molecular weight is 294 g/mol. The Bertz CT molecular complexity index is 580. The SMILES string of the molecule is COCCCNc1nc(C)cn1-c1cc(Cl)ccc1C. The topological polar surface area (TPSA) is 39.1 Å². The summed E-state index contributed by atoms with van der Waals surface area (Å²) in [6.45, 7) is 5.61. The molecule has 0 aliphatic heterocycles. The molecule has 4 nitrogen and oxygen atoms in total. The Morgan fingerprint density at radius 2 is 2.15 bits per heavy atom. The molecule has 1 aromatic heterocycles. The summed E-state index contributed by atoms with van der Waals surface area (Å²) in [5.41, 5.74) is 3.18. The molecule has 108 valence electrons. The maximum Gasteiger partial charge on any atom is 0.207 e. The smallest absolute Gasteiger partial charge is 0.207 e. The van der Waals surface area contributed by atoms with Gasteiger partial charge in [0.25, 0.3) is 0 Å².